The van der Waals surface area contributed by atoms with Crippen LogP contribution in [0.4, 0.5) is 8.78 Å². The van der Waals surface area contributed by atoms with Crippen molar-refractivity contribution >= 4 is 0 Å². The predicted molar refractivity (Wildman–Crippen MR) is 112 cm³/mol. The minimum Gasteiger partial charge on any atom is -0.206 e. The molecule has 4 rings (SSSR count). The molecule has 0 aromatic heterocycles. The average Bonchev–Trinajstić information content (AvgIpc) is 2.69. The van der Waals surface area contributed by atoms with Gasteiger partial charge in [-0.1, -0.05) is 73.9 Å². The molecule has 1 aliphatic carbocycles. The number of hydrogen-bond donors (Lipinski definition) is 0. The Morgan fingerprint density at radius 3 is 1.86 bits per heavy atom. The van der Waals surface area contributed by atoms with Crippen molar-refractivity contribution in [1.82, 2.24) is 0 Å². The lowest BCUT2D eigenvalue weighted by Gasteiger charge is -2.26. The predicted octanol–water partition coefficient (Wildman–Crippen LogP) is 7.90. The molecule has 0 heterocycles. The molecule has 0 unspecified atom stereocenters. The van der Waals surface area contributed by atoms with Crippen molar-refractivity contribution in [3.05, 3.63) is 83.4 Å². The summed E-state index contributed by atoms with van der Waals surface area (Å²) < 4.78 is 29.7. The summed E-state index contributed by atoms with van der Waals surface area (Å²) in [5.41, 5.74) is 4.62. The van der Waals surface area contributed by atoms with Gasteiger partial charge in [0.1, 0.15) is 11.6 Å². The van der Waals surface area contributed by atoms with Gasteiger partial charge < -0.3 is 0 Å². The summed E-state index contributed by atoms with van der Waals surface area (Å²) in [4.78, 5) is 0. The Bertz CT molecular complexity index is 964. The van der Waals surface area contributed by atoms with Gasteiger partial charge in [0.05, 0.1) is 0 Å². The van der Waals surface area contributed by atoms with E-state index in [1.54, 1.807) is 18.2 Å². The third-order valence-corrected chi connectivity index (χ3v) is 6.12. The molecule has 28 heavy (non-hydrogen) atoms. The highest BCUT2D eigenvalue weighted by atomic mass is 19.1. The van der Waals surface area contributed by atoms with E-state index in [0.29, 0.717) is 17.0 Å². The van der Waals surface area contributed by atoms with Crippen molar-refractivity contribution in [3.8, 4) is 22.3 Å². The van der Waals surface area contributed by atoms with Gasteiger partial charge in [-0.05, 0) is 60.4 Å². The lowest BCUT2D eigenvalue weighted by Crippen LogP contribution is -2.11. The van der Waals surface area contributed by atoms with Gasteiger partial charge in [-0.15, -0.1) is 0 Å². The molecule has 3 aromatic carbocycles. The van der Waals surface area contributed by atoms with Crippen molar-refractivity contribution in [1.29, 1.82) is 0 Å². The van der Waals surface area contributed by atoms with Crippen molar-refractivity contribution in [2.75, 3.05) is 0 Å². The van der Waals surface area contributed by atoms with Crippen molar-refractivity contribution in [2.24, 2.45) is 5.92 Å². The first-order valence-electron chi connectivity index (χ1n) is 10.2. The molecule has 0 N–H and O–H groups in total. The Hall–Kier alpha value is -2.48. The van der Waals surface area contributed by atoms with Crippen LogP contribution < -0.4 is 0 Å². The molecule has 0 saturated heterocycles. The first kappa shape index (κ1) is 18.9. The van der Waals surface area contributed by atoms with Gasteiger partial charge in [0.25, 0.3) is 0 Å². The lowest BCUT2D eigenvalue weighted by atomic mass is 9.79. The van der Waals surface area contributed by atoms with Crippen LogP contribution in [-0.2, 0) is 0 Å². The fourth-order valence-electron chi connectivity index (χ4n) is 4.26. The molecule has 0 nitrogen and oxygen atoms in total. The van der Waals surface area contributed by atoms with E-state index in [2.05, 4.69) is 6.92 Å². The Morgan fingerprint density at radius 2 is 1.25 bits per heavy atom. The lowest BCUT2D eigenvalue weighted by molar-refractivity contribution is 0.347. The van der Waals surface area contributed by atoms with E-state index in [1.165, 1.54) is 18.9 Å². The van der Waals surface area contributed by atoms with E-state index in [1.807, 2.05) is 43.3 Å². The molecular weight excluding hydrogens is 350 g/mol. The van der Waals surface area contributed by atoms with Gasteiger partial charge in [-0.2, -0.15) is 0 Å². The van der Waals surface area contributed by atoms with Crippen LogP contribution in [0.1, 0.15) is 49.7 Å². The molecular formula is C26H26F2. The molecule has 0 radical (unpaired) electrons. The monoisotopic (exact) mass is 376 g/mol. The number of hydrogen-bond acceptors (Lipinski definition) is 0. The summed E-state index contributed by atoms with van der Waals surface area (Å²) in [7, 11) is 0. The fourth-order valence-corrected chi connectivity index (χ4v) is 4.26. The molecule has 0 amide bonds. The van der Waals surface area contributed by atoms with Crippen LogP contribution in [0.5, 0.6) is 0 Å². The van der Waals surface area contributed by atoms with E-state index in [9.17, 15) is 8.78 Å². The maximum atomic E-state index is 14.8. The largest absolute Gasteiger partial charge is 0.206 e. The van der Waals surface area contributed by atoms with Crippen LogP contribution in [0.25, 0.3) is 22.3 Å². The number of benzene rings is 3. The normalized spacial score (nSPS) is 19.6. The maximum Gasteiger partial charge on any atom is 0.131 e. The molecule has 0 bridgehead atoms. The molecule has 1 fully saturated rings. The summed E-state index contributed by atoms with van der Waals surface area (Å²) in [6.45, 7) is 4.30. The third-order valence-electron chi connectivity index (χ3n) is 6.12. The smallest absolute Gasteiger partial charge is 0.131 e. The maximum absolute atomic E-state index is 14.8. The summed E-state index contributed by atoms with van der Waals surface area (Å²) in [6, 6.07) is 18.3. The molecule has 1 saturated carbocycles. The summed E-state index contributed by atoms with van der Waals surface area (Å²) in [5, 5.41) is 0. The second kappa shape index (κ2) is 7.87. The summed E-state index contributed by atoms with van der Waals surface area (Å²) in [5.74, 6) is 0.462. The average molecular weight is 376 g/mol. The van der Waals surface area contributed by atoms with E-state index in [0.717, 1.165) is 41.0 Å². The SMILES string of the molecule is Cc1ccc(-c2ccc(-c3ccc(C4CCC(C)CC4)cc3F)c(F)c2)cc1. The zero-order valence-electron chi connectivity index (χ0n) is 16.5. The van der Waals surface area contributed by atoms with Gasteiger partial charge in [-0.25, -0.2) is 8.78 Å². The number of rotatable bonds is 3. The highest BCUT2D eigenvalue weighted by Gasteiger charge is 2.21. The molecule has 0 aliphatic heterocycles. The van der Waals surface area contributed by atoms with Crippen LogP contribution in [0.2, 0.25) is 0 Å². The Kier molecular flexibility index (Phi) is 5.30. The van der Waals surface area contributed by atoms with Gasteiger partial charge in [0.15, 0.2) is 0 Å². The molecule has 0 atom stereocenters. The van der Waals surface area contributed by atoms with Crippen LogP contribution in [0.15, 0.2) is 60.7 Å². The highest BCUT2D eigenvalue weighted by Crippen LogP contribution is 2.37. The minimum absolute atomic E-state index is 0.317. The number of aryl methyl sites for hydroxylation is 1. The molecule has 1 aliphatic rings. The van der Waals surface area contributed by atoms with Gasteiger partial charge in [0, 0.05) is 11.1 Å². The van der Waals surface area contributed by atoms with E-state index in [4.69, 9.17) is 0 Å². The van der Waals surface area contributed by atoms with Crippen molar-refractivity contribution in [2.45, 2.75) is 45.4 Å². The summed E-state index contributed by atoms with van der Waals surface area (Å²) >= 11 is 0. The van der Waals surface area contributed by atoms with Gasteiger partial charge in [0.2, 0.25) is 0 Å². The van der Waals surface area contributed by atoms with E-state index < -0.39 is 5.82 Å². The Labute approximate surface area is 166 Å². The zero-order valence-corrected chi connectivity index (χ0v) is 16.5. The van der Waals surface area contributed by atoms with E-state index >= 15 is 0 Å². The van der Waals surface area contributed by atoms with E-state index in [-0.39, 0.29) is 5.82 Å². The van der Waals surface area contributed by atoms with Crippen LogP contribution in [-0.4, -0.2) is 0 Å². The number of halogens is 2. The van der Waals surface area contributed by atoms with Gasteiger partial charge in [-0.3, -0.25) is 0 Å². The van der Waals surface area contributed by atoms with Crippen LogP contribution >= 0.6 is 0 Å². The zero-order chi connectivity index (χ0) is 19.7. The highest BCUT2D eigenvalue weighted by molar-refractivity contribution is 5.71. The summed E-state index contributed by atoms with van der Waals surface area (Å²) in [6.07, 6.45) is 4.62. The third kappa shape index (κ3) is 3.87. The van der Waals surface area contributed by atoms with Crippen LogP contribution in [0.3, 0.4) is 0 Å². The topological polar surface area (TPSA) is 0 Å². The van der Waals surface area contributed by atoms with Crippen molar-refractivity contribution in [3.63, 3.8) is 0 Å². The quantitative estimate of drug-likeness (QED) is 0.436. The first-order chi connectivity index (χ1) is 13.5. The van der Waals surface area contributed by atoms with Crippen molar-refractivity contribution < 1.29 is 8.78 Å². The fraction of sp³-hybridized carbons (Fsp3) is 0.308. The second-order valence-corrected chi connectivity index (χ2v) is 8.26. The minimum atomic E-state index is -0.392. The Balaban J connectivity index is 1.61. The second-order valence-electron chi connectivity index (χ2n) is 8.26. The molecule has 144 valence electrons. The standard InChI is InChI=1S/C26H26F2/c1-17-3-7-19(8-4-17)21-11-13-23(25(27)15-21)24-14-12-22(16-26(24)28)20-9-5-18(2)6-10-20/h3-4,7-8,11-16,18,20H,5-6,9-10H2,1-2H3. The van der Waals surface area contributed by atoms with Gasteiger partial charge >= 0.3 is 0 Å². The Morgan fingerprint density at radius 1 is 0.679 bits per heavy atom. The van der Waals surface area contributed by atoms with Crippen LogP contribution in [0, 0.1) is 24.5 Å². The molecule has 2 heteroatoms. The first-order valence-corrected chi connectivity index (χ1v) is 10.2. The molecule has 0 spiro atoms. The molecule has 3 aromatic rings.